The maximum absolute atomic E-state index is 9.59. The van der Waals surface area contributed by atoms with Crippen LogP contribution in [0.25, 0.3) is 0 Å². The lowest BCUT2D eigenvalue weighted by Gasteiger charge is -2.11. The lowest BCUT2D eigenvalue weighted by molar-refractivity contribution is 0.167. The zero-order chi connectivity index (χ0) is 12.0. The summed E-state index contributed by atoms with van der Waals surface area (Å²) in [5.74, 6) is 0.949. The van der Waals surface area contributed by atoms with Crippen molar-refractivity contribution in [1.82, 2.24) is 5.32 Å². The van der Waals surface area contributed by atoms with E-state index in [0.29, 0.717) is 18.8 Å². The molecule has 0 heterocycles. The molecule has 1 aromatic carbocycles. The van der Waals surface area contributed by atoms with Crippen LogP contribution in [0, 0.1) is 0 Å². The summed E-state index contributed by atoms with van der Waals surface area (Å²) < 4.78 is 5.07. The number of phenols is 1. The van der Waals surface area contributed by atoms with E-state index < -0.39 is 0 Å². The second-order valence-electron chi connectivity index (χ2n) is 3.69. The van der Waals surface area contributed by atoms with Crippen LogP contribution in [-0.2, 0) is 6.54 Å². The number of aliphatic hydroxyl groups excluding tert-OH is 1. The van der Waals surface area contributed by atoms with Gasteiger partial charge in [-0.1, -0.05) is 6.92 Å². The van der Waals surface area contributed by atoms with Crippen molar-refractivity contribution in [3.8, 4) is 11.5 Å². The van der Waals surface area contributed by atoms with E-state index in [9.17, 15) is 10.2 Å². The molecule has 1 rings (SSSR count). The number of aromatic hydroxyl groups is 1. The van der Waals surface area contributed by atoms with Crippen molar-refractivity contribution < 1.29 is 14.9 Å². The minimum Gasteiger partial charge on any atom is -0.508 e. The van der Waals surface area contributed by atoms with Gasteiger partial charge in [0.1, 0.15) is 11.5 Å². The molecule has 1 atom stereocenters. The summed E-state index contributed by atoms with van der Waals surface area (Å²) in [6, 6.07) is 5.09. The molecular weight excluding hydrogens is 206 g/mol. The standard InChI is InChI=1S/C12H19NO3/c1-3-10(14)8-13-7-9-6-11(16-2)4-5-12(9)15/h4-6,10,13-15H,3,7-8H2,1-2H3. The number of rotatable bonds is 6. The predicted molar refractivity (Wildman–Crippen MR) is 62.7 cm³/mol. The third-order valence-electron chi connectivity index (χ3n) is 2.45. The predicted octanol–water partition coefficient (Wildman–Crippen LogP) is 1.26. The molecule has 0 amide bonds. The van der Waals surface area contributed by atoms with E-state index in [1.807, 2.05) is 6.92 Å². The van der Waals surface area contributed by atoms with Crippen molar-refractivity contribution in [2.75, 3.05) is 13.7 Å². The summed E-state index contributed by atoms with van der Waals surface area (Å²) in [4.78, 5) is 0. The highest BCUT2D eigenvalue weighted by atomic mass is 16.5. The van der Waals surface area contributed by atoms with Crippen LogP contribution in [0.4, 0.5) is 0 Å². The summed E-state index contributed by atoms with van der Waals surface area (Å²) in [5.41, 5.74) is 0.766. The summed E-state index contributed by atoms with van der Waals surface area (Å²) in [5, 5.41) is 22.0. The van der Waals surface area contributed by atoms with E-state index in [1.165, 1.54) is 0 Å². The fraction of sp³-hybridized carbons (Fsp3) is 0.500. The highest BCUT2D eigenvalue weighted by Gasteiger charge is 2.04. The maximum Gasteiger partial charge on any atom is 0.120 e. The van der Waals surface area contributed by atoms with Crippen LogP contribution < -0.4 is 10.1 Å². The van der Waals surface area contributed by atoms with Gasteiger partial charge in [0, 0.05) is 18.7 Å². The highest BCUT2D eigenvalue weighted by molar-refractivity contribution is 5.39. The third-order valence-corrected chi connectivity index (χ3v) is 2.45. The van der Waals surface area contributed by atoms with Gasteiger partial charge >= 0.3 is 0 Å². The monoisotopic (exact) mass is 225 g/mol. The SMILES string of the molecule is CCC(O)CNCc1cc(OC)ccc1O. The number of phenolic OH excluding ortho intramolecular Hbond substituents is 1. The molecule has 3 N–H and O–H groups in total. The lowest BCUT2D eigenvalue weighted by atomic mass is 10.2. The van der Waals surface area contributed by atoms with Gasteiger partial charge in [-0.15, -0.1) is 0 Å². The molecule has 0 fully saturated rings. The van der Waals surface area contributed by atoms with Crippen LogP contribution >= 0.6 is 0 Å². The second-order valence-corrected chi connectivity index (χ2v) is 3.69. The van der Waals surface area contributed by atoms with E-state index >= 15 is 0 Å². The molecule has 0 saturated heterocycles. The third kappa shape index (κ3) is 3.72. The molecule has 16 heavy (non-hydrogen) atoms. The molecule has 4 heteroatoms. The van der Waals surface area contributed by atoms with Crippen molar-refractivity contribution in [2.24, 2.45) is 0 Å². The number of hydrogen-bond acceptors (Lipinski definition) is 4. The van der Waals surface area contributed by atoms with E-state index in [-0.39, 0.29) is 11.9 Å². The van der Waals surface area contributed by atoms with Crippen LogP contribution in [0.2, 0.25) is 0 Å². The molecule has 0 aromatic heterocycles. The Morgan fingerprint density at radius 1 is 1.44 bits per heavy atom. The van der Waals surface area contributed by atoms with Crippen LogP contribution in [0.1, 0.15) is 18.9 Å². The Hall–Kier alpha value is -1.26. The number of benzene rings is 1. The Labute approximate surface area is 95.9 Å². The molecule has 1 unspecified atom stereocenters. The largest absolute Gasteiger partial charge is 0.508 e. The second kappa shape index (κ2) is 6.35. The van der Waals surface area contributed by atoms with Gasteiger partial charge in [0.15, 0.2) is 0 Å². The quantitative estimate of drug-likeness (QED) is 0.682. The molecule has 0 spiro atoms. The van der Waals surface area contributed by atoms with Crippen molar-refractivity contribution in [1.29, 1.82) is 0 Å². The molecule has 0 aliphatic carbocycles. The fourth-order valence-corrected chi connectivity index (χ4v) is 1.35. The van der Waals surface area contributed by atoms with Gasteiger partial charge in [0.05, 0.1) is 13.2 Å². The van der Waals surface area contributed by atoms with Gasteiger partial charge in [-0.3, -0.25) is 0 Å². The Morgan fingerprint density at radius 2 is 2.19 bits per heavy atom. The van der Waals surface area contributed by atoms with E-state index in [4.69, 9.17) is 4.74 Å². The van der Waals surface area contributed by atoms with Crippen molar-refractivity contribution >= 4 is 0 Å². The van der Waals surface area contributed by atoms with E-state index in [0.717, 1.165) is 12.0 Å². The number of methoxy groups -OCH3 is 1. The molecule has 0 aliphatic rings. The normalized spacial score (nSPS) is 12.4. The molecule has 4 nitrogen and oxygen atoms in total. The molecular formula is C12H19NO3. The first-order valence-corrected chi connectivity index (χ1v) is 5.42. The van der Waals surface area contributed by atoms with Gasteiger partial charge < -0.3 is 20.3 Å². The van der Waals surface area contributed by atoms with Crippen molar-refractivity contribution in [2.45, 2.75) is 26.0 Å². The van der Waals surface area contributed by atoms with Gasteiger partial charge in [0.25, 0.3) is 0 Å². The van der Waals surface area contributed by atoms with Crippen LogP contribution in [0.15, 0.2) is 18.2 Å². The summed E-state index contributed by atoms with van der Waals surface area (Å²) in [6.45, 7) is 2.96. The number of aliphatic hydroxyl groups is 1. The van der Waals surface area contributed by atoms with Gasteiger partial charge in [-0.25, -0.2) is 0 Å². The zero-order valence-electron chi connectivity index (χ0n) is 9.73. The first kappa shape index (κ1) is 12.8. The molecule has 1 aromatic rings. The minimum atomic E-state index is -0.340. The summed E-state index contributed by atoms with van der Waals surface area (Å²) in [6.07, 6.45) is 0.379. The van der Waals surface area contributed by atoms with Crippen LogP contribution in [0.3, 0.4) is 0 Å². The van der Waals surface area contributed by atoms with E-state index in [1.54, 1.807) is 25.3 Å². The lowest BCUT2D eigenvalue weighted by Crippen LogP contribution is -2.25. The Balaban J connectivity index is 2.52. The average Bonchev–Trinajstić information content (AvgIpc) is 2.31. The zero-order valence-corrected chi connectivity index (χ0v) is 9.73. The number of hydrogen-bond donors (Lipinski definition) is 3. The van der Waals surface area contributed by atoms with Gasteiger partial charge in [-0.2, -0.15) is 0 Å². The van der Waals surface area contributed by atoms with Crippen molar-refractivity contribution in [3.05, 3.63) is 23.8 Å². The maximum atomic E-state index is 9.59. The highest BCUT2D eigenvalue weighted by Crippen LogP contribution is 2.22. The van der Waals surface area contributed by atoms with Crippen molar-refractivity contribution in [3.63, 3.8) is 0 Å². The van der Waals surface area contributed by atoms with Gasteiger partial charge in [0.2, 0.25) is 0 Å². The molecule has 0 bridgehead atoms. The Morgan fingerprint density at radius 3 is 2.81 bits per heavy atom. The summed E-state index contributed by atoms with van der Waals surface area (Å²) >= 11 is 0. The van der Waals surface area contributed by atoms with E-state index in [2.05, 4.69) is 5.32 Å². The Bertz CT molecular complexity index is 328. The minimum absolute atomic E-state index is 0.235. The fourth-order valence-electron chi connectivity index (χ4n) is 1.35. The van der Waals surface area contributed by atoms with Crippen LogP contribution in [-0.4, -0.2) is 30.0 Å². The molecule has 0 aliphatic heterocycles. The van der Waals surface area contributed by atoms with Crippen LogP contribution in [0.5, 0.6) is 11.5 Å². The topological polar surface area (TPSA) is 61.7 Å². The Kier molecular flexibility index (Phi) is 5.08. The van der Waals surface area contributed by atoms with Gasteiger partial charge in [-0.05, 0) is 24.6 Å². The number of nitrogens with one attached hydrogen (secondary N) is 1. The first-order valence-electron chi connectivity index (χ1n) is 5.42. The smallest absolute Gasteiger partial charge is 0.120 e. The molecule has 0 saturated carbocycles. The molecule has 90 valence electrons. The number of ether oxygens (including phenoxy) is 1. The average molecular weight is 225 g/mol. The summed E-state index contributed by atoms with van der Waals surface area (Å²) in [7, 11) is 1.59. The first-order chi connectivity index (χ1) is 7.67. The molecule has 0 radical (unpaired) electrons.